The van der Waals surface area contributed by atoms with Crippen LogP contribution in [0.3, 0.4) is 0 Å². The quantitative estimate of drug-likeness (QED) is 0.449. The second kappa shape index (κ2) is 11.7. The lowest BCUT2D eigenvalue weighted by molar-refractivity contribution is -0.124. The molecule has 3 aromatic rings. The molecule has 152 valence electrons. The molecule has 1 fully saturated rings. The second-order valence-electron chi connectivity index (χ2n) is 6.16. The van der Waals surface area contributed by atoms with E-state index >= 15 is 0 Å². The van der Waals surface area contributed by atoms with E-state index in [1.807, 2.05) is 118 Å². The van der Waals surface area contributed by atoms with E-state index in [-0.39, 0.29) is 11.9 Å². The lowest BCUT2D eigenvalue weighted by Crippen LogP contribution is -2.46. The van der Waals surface area contributed by atoms with Gasteiger partial charge in [0.15, 0.2) is 0 Å². The molecule has 29 heavy (non-hydrogen) atoms. The Balaban J connectivity index is 0.000000707. The van der Waals surface area contributed by atoms with Gasteiger partial charge in [-0.2, -0.15) is 0 Å². The van der Waals surface area contributed by atoms with Crippen LogP contribution in [0.4, 0.5) is 5.69 Å². The van der Waals surface area contributed by atoms with Crippen LogP contribution in [0.2, 0.25) is 0 Å². The van der Waals surface area contributed by atoms with Crippen LogP contribution in [0, 0.1) is 0 Å². The fourth-order valence-electron chi connectivity index (χ4n) is 3.12. The van der Waals surface area contributed by atoms with Crippen molar-refractivity contribution in [3.8, 4) is 5.75 Å². The van der Waals surface area contributed by atoms with Gasteiger partial charge in [-0.25, -0.2) is 0 Å². The highest BCUT2D eigenvalue weighted by molar-refractivity contribution is 6.01. The van der Waals surface area contributed by atoms with Crippen molar-refractivity contribution in [2.45, 2.75) is 46.8 Å². The van der Waals surface area contributed by atoms with Gasteiger partial charge in [0.25, 0.3) is 0 Å². The molecule has 0 aliphatic carbocycles. The summed E-state index contributed by atoms with van der Waals surface area (Å²) in [6.45, 7) is 8.55. The molecule has 0 aromatic heterocycles. The highest BCUT2D eigenvalue weighted by Gasteiger charge is 2.38. The summed E-state index contributed by atoms with van der Waals surface area (Å²) in [4.78, 5) is 13.9. The molecule has 3 aromatic carbocycles. The van der Waals surface area contributed by atoms with Gasteiger partial charge in [-0.1, -0.05) is 88.4 Å². The standard InChI is InChI=1S/C22H19NO2.2C2H6/c24-22-15-21(23(22)19-9-5-2-6-10-19)18-11-13-20(14-12-18)25-16-17-7-3-1-4-8-17;2*1-2/h1-14,21H,15-16H2;2*1-2H3/t21-;;/m0../s1. The Morgan fingerprint density at radius 3 is 1.90 bits per heavy atom. The molecule has 1 aliphatic heterocycles. The second-order valence-corrected chi connectivity index (χ2v) is 6.16. The molecule has 3 nitrogen and oxygen atoms in total. The summed E-state index contributed by atoms with van der Waals surface area (Å²) in [5, 5.41) is 0. The lowest BCUT2D eigenvalue weighted by atomic mass is 9.93. The SMILES string of the molecule is CC.CC.O=C1C[C@@H](c2ccc(OCc3ccccc3)cc2)N1c1ccccc1. The van der Waals surface area contributed by atoms with E-state index in [1.54, 1.807) is 0 Å². The number of hydrogen-bond donors (Lipinski definition) is 0. The smallest absolute Gasteiger partial charge is 0.230 e. The summed E-state index contributed by atoms with van der Waals surface area (Å²) in [6, 6.07) is 28.1. The Kier molecular flexibility index (Phi) is 8.97. The van der Waals surface area contributed by atoms with Crippen LogP contribution in [0.15, 0.2) is 84.9 Å². The minimum absolute atomic E-state index is 0.109. The Hall–Kier alpha value is -3.07. The van der Waals surface area contributed by atoms with Crippen LogP contribution in [0.25, 0.3) is 0 Å². The highest BCUT2D eigenvalue weighted by atomic mass is 16.5. The van der Waals surface area contributed by atoms with Crippen LogP contribution in [-0.2, 0) is 11.4 Å². The van der Waals surface area contributed by atoms with E-state index in [2.05, 4.69) is 0 Å². The molecule has 1 saturated heterocycles. The first-order valence-corrected chi connectivity index (χ1v) is 10.4. The van der Waals surface area contributed by atoms with Gasteiger partial charge in [-0.05, 0) is 35.4 Å². The molecule has 0 unspecified atom stereocenters. The normalized spacial score (nSPS) is 14.6. The zero-order chi connectivity index (χ0) is 21.1. The number of carbonyl (C=O) groups excluding carboxylic acids is 1. The number of nitrogens with zero attached hydrogens (tertiary/aromatic N) is 1. The predicted octanol–water partition coefficient (Wildman–Crippen LogP) is 6.80. The first-order chi connectivity index (χ1) is 14.3. The van der Waals surface area contributed by atoms with Crippen molar-refractivity contribution in [2.24, 2.45) is 0 Å². The fourth-order valence-corrected chi connectivity index (χ4v) is 3.12. The fraction of sp³-hybridized carbons (Fsp3) is 0.269. The van der Waals surface area contributed by atoms with E-state index < -0.39 is 0 Å². The molecule has 3 heteroatoms. The minimum atomic E-state index is 0.109. The molecule has 1 heterocycles. The lowest BCUT2D eigenvalue weighted by Gasteiger charge is -2.40. The van der Waals surface area contributed by atoms with Crippen molar-refractivity contribution < 1.29 is 9.53 Å². The van der Waals surface area contributed by atoms with E-state index in [4.69, 9.17) is 4.74 Å². The van der Waals surface area contributed by atoms with Gasteiger partial charge < -0.3 is 9.64 Å². The summed E-state index contributed by atoms with van der Waals surface area (Å²) < 4.78 is 5.83. The topological polar surface area (TPSA) is 29.5 Å². The number of para-hydroxylation sites is 1. The van der Waals surface area contributed by atoms with Crippen LogP contribution in [-0.4, -0.2) is 5.91 Å². The number of benzene rings is 3. The zero-order valence-corrected chi connectivity index (χ0v) is 17.8. The van der Waals surface area contributed by atoms with Crippen LogP contribution < -0.4 is 9.64 Å². The maximum Gasteiger partial charge on any atom is 0.230 e. The van der Waals surface area contributed by atoms with E-state index in [9.17, 15) is 4.79 Å². The zero-order valence-electron chi connectivity index (χ0n) is 17.8. The third kappa shape index (κ3) is 5.71. The van der Waals surface area contributed by atoms with Crippen molar-refractivity contribution >= 4 is 11.6 Å². The molecule has 0 spiro atoms. The molecule has 1 atom stereocenters. The Labute approximate surface area is 175 Å². The predicted molar refractivity (Wildman–Crippen MR) is 121 cm³/mol. The van der Waals surface area contributed by atoms with Crippen molar-refractivity contribution in [1.29, 1.82) is 0 Å². The van der Waals surface area contributed by atoms with Gasteiger partial charge in [0, 0.05) is 5.69 Å². The Bertz CT molecular complexity index is 845. The van der Waals surface area contributed by atoms with Gasteiger partial charge in [0.1, 0.15) is 12.4 Å². The van der Waals surface area contributed by atoms with Crippen molar-refractivity contribution in [1.82, 2.24) is 0 Å². The third-order valence-electron chi connectivity index (χ3n) is 4.50. The molecule has 4 rings (SSSR count). The summed E-state index contributed by atoms with van der Waals surface area (Å²) in [5.41, 5.74) is 3.23. The van der Waals surface area contributed by atoms with E-state index in [1.165, 1.54) is 0 Å². The number of β-lactam (4-membered cyclic amide) rings is 1. The van der Waals surface area contributed by atoms with Gasteiger partial charge >= 0.3 is 0 Å². The average Bonchev–Trinajstić information content (AvgIpc) is 2.80. The summed E-state index contributed by atoms with van der Waals surface area (Å²) >= 11 is 0. The van der Waals surface area contributed by atoms with Crippen molar-refractivity contribution in [2.75, 3.05) is 4.90 Å². The van der Waals surface area contributed by atoms with Crippen molar-refractivity contribution in [3.05, 3.63) is 96.1 Å². The summed E-state index contributed by atoms with van der Waals surface area (Å²) in [7, 11) is 0. The number of anilines is 1. The Morgan fingerprint density at radius 2 is 1.34 bits per heavy atom. The third-order valence-corrected chi connectivity index (χ3v) is 4.50. The molecule has 0 saturated carbocycles. The monoisotopic (exact) mass is 389 g/mol. The maximum atomic E-state index is 12.0. The van der Waals surface area contributed by atoms with Crippen LogP contribution in [0.1, 0.15) is 51.3 Å². The summed E-state index contributed by atoms with van der Waals surface area (Å²) in [6.07, 6.45) is 0.555. The van der Waals surface area contributed by atoms with E-state index in [0.29, 0.717) is 13.0 Å². The Morgan fingerprint density at radius 1 is 0.793 bits per heavy atom. The van der Waals surface area contributed by atoms with E-state index in [0.717, 1.165) is 22.6 Å². The highest BCUT2D eigenvalue weighted by Crippen LogP contribution is 2.39. The molecule has 1 amide bonds. The molecule has 0 bridgehead atoms. The maximum absolute atomic E-state index is 12.0. The minimum Gasteiger partial charge on any atom is -0.489 e. The van der Waals surface area contributed by atoms with Crippen molar-refractivity contribution in [3.63, 3.8) is 0 Å². The number of amides is 1. The molecule has 0 N–H and O–H groups in total. The van der Waals surface area contributed by atoms with Gasteiger partial charge in [-0.3, -0.25) is 4.79 Å². The molecular formula is C26H31NO2. The van der Waals surface area contributed by atoms with Crippen LogP contribution >= 0.6 is 0 Å². The van der Waals surface area contributed by atoms with Gasteiger partial charge in [-0.15, -0.1) is 0 Å². The number of rotatable bonds is 5. The van der Waals surface area contributed by atoms with Crippen LogP contribution in [0.5, 0.6) is 5.75 Å². The number of hydrogen-bond acceptors (Lipinski definition) is 2. The number of ether oxygens (including phenoxy) is 1. The summed E-state index contributed by atoms with van der Waals surface area (Å²) in [5.74, 6) is 1.00. The molecular weight excluding hydrogens is 358 g/mol. The molecule has 0 radical (unpaired) electrons. The average molecular weight is 390 g/mol. The largest absolute Gasteiger partial charge is 0.489 e. The number of carbonyl (C=O) groups is 1. The van der Waals surface area contributed by atoms with Gasteiger partial charge in [0.2, 0.25) is 5.91 Å². The first kappa shape index (κ1) is 22.2. The molecule has 1 aliphatic rings. The van der Waals surface area contributed by atoms with Gasteiger partial charge in [0.05, 0.1) is 12.5 Å². The first-order valence-electron chi connectivity index (χ1n) is 10.4.